The highest BCUT2D eigenvalue weighted by atomic mass is 16.5. The lowest BCUT2D eigenvalue weighted by molar-refractivity contribution is 0.100. The van der Waals surface area contributed by atoms with E-state index < -0.39 is 5.91 Å². The Kier molecular flexibility index (Phi) is 5.88. The molecule has 4 N–H and O–H groups in total. The molecule has 5 aromatic rings. The minimum Gasteiger partial charge on any atom is -0.497 e. The second kappa shape index (κ2) is 9.30. The van der Waals surface area contributed by atoms with E-state index in [2.05, 4.69) is 38.2 Å². The Morgan fingerprint density at radius 3 is 2.71 bits per heavy atom. The number of fused-ring (bicyclic) bond motifs is 1. The number of pyridine rings is 1. The number of imidazole rings is 2. The fraction of sp³-hybridized carbons (Fsp3) is 0.154. The first-order valence-corrected chi connectivity index (χ1v) is 11.2. The largest absolute Gasteiger partial charge is 0.497 e. The highest BCUT2D eigenvalue weighted by Crippen LogP contribution is 2.32. The lowest BCUT2D eigenvalue weighted by Crippen LogP contribution is -2.14. The molecule has 35 heavy (non-hydrogen) atoms. The predicted octanol–water partition coefficient (Wildman–Crippen LogP) is 4.28. The Morgan fingerprint density at radius 2 is 2.03 bits per heavy atom. The number of amides is 1. The number of carbonyl (C=O) groups excluding carboxylic acids is 1. The molecule has 176 valence electrons. The zero-order valence-electron chi connectivity index (χ0n) is 19.4. The van der Waals surface area contributed by atoms with Crippen molar-refractivity contribution in [3.8, 4) is 17.1 Å². The van der Waals surface area contributed by atoms with Crippen molar-refractivity contribution in [3.63, 3.8) is 0 Å². The van der Waals surface area contributed by atoms with E-state index in [9.17, 15) is 4.79 Å². The van der Waals surface area contributed by atoms with Gasteiger partial charge in [0.05, 0.1) is 24.7 Å². The summed E-state index contributed by atoms with van der Waals surface area (Å²) in [4.78, 5) is 28.8. The first-order valence-electron chi connectivity index (χ1n) is 11.2. The number of methoxy groups -OCH3 is 1. The van der Waals surface area contributed by atoms with Crippen molar-refractivity contribution in [1.29, 1.82) is 0 Å². The lowest BCUT2D eigenvalue weighted by atomic mass is 10.0. The summed E-state index contributed by atoms with van der Waals surface area (Å²) in [6.45, 7) is 2.80. The van der Waals surface area contributed by atoms with E-state index in [1.165, 1.54) is 6.20 Å². The van der Waals surface area contributed by atoms with Crippen LogP contribution in [0.4, 0.5) is 11.4 Å². The Balaban J connectivity index is 1.59. The Bertz CT molecular complexity index is 1490. The van der Waals surface area contributed by atoms with Crippen LogP contribution in [0, 0.1) is 0 Å². The quantitative estimate of drug-likeness (QED) is 0.313. The van der Waals surface area contributed by atoms with Crippen molar-refractivity contribution in [3.05, 3.63) is 84.1 Å². The minimum atomic E-state index is -0.574. The van der Waals surface area contributed by atoms with Gasteiger partial charge in [0, 0.05) is 36.4 Å². The van der Waals surface area contributed by atoms with Crippen molar-refractivity contribution in [2.75, 3.05) is 12.4 Å². The highest BCUT2D eigenvalue weighted by Gasteiger charge is 2.19. The van der Waals surface area contributed by atoms with Crippen molar-refractivity contribution < 1.29 is 9.53 Å². The molecule has 0 bridgehead atoms. The van der Waals surface area contributed by atoms with Crippen molar-refractivity contribution in [1.82, 2.24) is 24.5 Å². The molecule has 0 saturated heterocycles. The van der Waals surface area contributed by atoms with E-state index in [-0.39, 0.29) is 5.56 Å². The fourth-order valence-electron chi connectivity index (χ4n) is 4.19. The number of nitrogens with zero attached hydrogens (tertiary/aromatic N) is 4. The summed E-state index contributed by atoms with van der Waals surface area (Å²) in [6, 6.07) is 13.6. The van der Waals surface area contributed by atoms with E-state index >= 15 is 0 Å². The van der Waals surface area contributed by atoms with Crippen molar-refractivity contribution in [2.45, 2.75) is 19.9 Å². The molecule has 0 aliphatic rings. The van der Waals surface area contributed by atoms with Crippen LogP contribution in [0.5, 0.6) is 5.75 Å². The van der Waals surface area contributed by atoms with Gasteiger partial charge in [0.2, 0.25) is 0 Å². The Morgan fingerprint density at radius 1 is 1.20 bits per heavy atom. The molecular weight excluding hydrogens is 442 g/mol. The van der Waals surface area contributed by atoms with Crippen LogP contribution < -0.4 is 15.8 Å². The number of hydrogen-bond donors (Lipinski definition) is 3. The van der Waals surface area contributed by atoms with Crippen LogP contribution >= 0.6 is 0 Å². The van der Waals surface area contributed by atoms with Crippen LogP contribution in [0.2, 0.25) is 0 Å². The summed E-state index contributed by atoms with van der Waals surface area (Å²) in [5.41, 5.74) is 11.7. The zero-order valence-corrected chi connectivity index (χ0v) is 19.4. The Hall–Kier alpha value is -4.66. The number of anilines is 2. The summed E-state index contributed by atoms with van der Waals surface area (Å²) in [6.07, 6.45) is 7.75. The van der Waals surface area contributed by atoms with E-state index in [4.69, 9.17) is 10.5 Å². The highest BCUT2D eigenvalue weighted by molar-refractivity contribution is 6.06. The maximum atomic E-state index is 12.3. The second-order valence-corrected chi connectivity index (χ2v) is 8.08. The van der Waals surface area contributed by atoms with Crippen molar-refractivity contribution in [2.24, 2.45) is 5.73 Å². The van der Waals surface area contributed by atoms with Crippen LogP contribution in [-0.4, -0.2) is 37.5 Å². The van der Waals surface area contributed by atoms with Crippen LogP contribution in [0.1, 0.15) is 28.4 Å². The molecule has 2 aromatic carbocycles. The van der Waals surface area contributed by atoms with Gasteiger partial charge in [-0.25, -0.2) is 15.0 Å². The Labute approximate surface area is 202 Å². The van der Waals surface area contributed by atoms with Gasteiger partial charge in [-0.15, -0.1) is 0 Å². The van der Waals surface area contributed by atoms with E-state index in [1.807, 2.05) is 47.2 Å². The standard InChI is InChI=1S/C26H25N7O2/c1-3-19-17(14-33-12-11-28-15-33)5-4-6-21(19)30-22-20(24(27)34)13-29-26-23(22)31-25(32-26)16-7-9-18(35-2)10-8-16/h4-13,15H,3,14H2,1-2H3,(H2,27,34)(H2,29,30,31,32). The second-order valence-electron chi connectivity index (χ2n) is 8.08. The molecule has 0 aliphatic carbocycles. The molecule has 0 radical (unpaired) electrons. The average molecular weight is 468 g/mol. The van der Waals surface area contributed by atoms with Gasteiger partial charge in [-0.2, -0.15) is 0 Å². The van der Waals surface area contributed by atoms with Crippen LogP contribution in [-0.2, 0) is 13.0 Å². The van der Waals surface area contributed by atoms with Gasteiger partial charge in [0.25, 0.3) is 5.91 Å². The number of benzene rings is 2. The predicted molar refractivity (Wildman–Crippen MR) is 135 cm³/mol. The van der Waals surface area contributed by atoms with Gasteiger partial charge >= 0.3 is 0 Å². The number of aromatic amines is 1. The van der Waals surface area contributed by atoms with E-state index in [1.54, 1.807) is 19.6 Å². The zero-order chi connectivity index (χ0) is 24.4. The topological polar surface area (TPSA) is 124 Å². The van der Waals surface area contributed by atoms with Gasteiger partial charge in [-0.1, -0.05) is 19.1 Å². The SMILES string of the molecule is CCc1c(Cn2ccnc2)cccc1Nc1c(C(N)=O)cnc2nc(-c3ccc(OC)cc3)[nH]c12. The fourth-order valence-corrected chi connectivity index (χ4v) is 4.19. The van der Waals surface area contributed by atoms with Gasteiger partial charge in [0.1, 0.15) is 17.1 Å². The molecule has 0 fully saturated rings. The monoisotopic (exact) mass is 467 g/mol. The first kappa shape index (κ1) is 22.1. The molecule has 1 amide bonds. The van der Waals surface area contributed by atoms with Crippen LogP contribution in [0.25, 0.3) is 22.6 Å². The summed E-state index contributed by atoms with van der Waals surface area (Å²) in [5.74, 6) is 0.809. The number of H-pyrrole nitrogens is 1. The van der Waals surface area contributed by atoms with E-state index in [0.29, 0.717) is 29.2 Å². The smallest absolute Gasteiger partial charge is 0.252 e. The lowest BCUT2D eigenvalue weighted by Gasteiger charge is -2.17. The normalized spacial score (nSPS) is 11.0. The average Bonchev–Trinajstić information content (AvgIpc) is 3.54. The van der Waals surface area contributed by atoms with E-state index in [0.717, 1.165) is 34.5 Å². The van der Waals surface area contributed by atoms with Crippen LogP contribution in [0.3, 0.4) is 0 Å². The van der Waals surface area contributed by atoms with Gasteiger partial charge in [0.15, 0.2) is 5.65 Å². The molecule has 0 spiro atoms. The number of rotatable bonds is 8. The molecule has 0 aliphatic heterocycles. The number of nitrogens with two attached hydrogens (primary N) is 1. The molecule has 3 heterocycles. The number of ether oxygens (including phenoxy) is 1. The molecule has 9 heteroatoms. The number of hydrogen-bond acceptors (Lipinski definition) is 6. The maximum absolute atomic E-state index is 12.3. The number of nitrogens with one attached hydrogen (secondary N) is 2. The van der Waals surface area contributed by atoms with Gasteiger partial charge in [-0.3, -0.25) is 4.79 Å². The van der Waals surface area contributed by atoms with Crippen molar-refractivity contribution >= 4 is 28.4 Å². The molecule has 9 nitrogen and oxygen atoms in total. The summed E-state index contributed by atoms with van der Waals surface area (Å²) in [5, 5.41) is 3.46. The third-order valence-electron chi connectivity index (χ3n) is 5.95. The first-order chi connectivity index (χ1) is 17.1. The third kappa shape index (κ3) is 4.31. The molecule has 0 atom stereocenters. The molecule has 5 rings (SSSR count). The van der Waals surface area contributed by atoms with Gasteiger partial charge < -0.3 is 25.3 Å². The summed E-state index contributed by atoms with van der Waals surface area (Å²) < 4.78 is 7.27. The molecule has 0 saturated carbocycles. The van der Waals surface area contributed by atoms with Gasteiger partial charge in [-0.05, 0) is 47.9 Å². The number of primary amides is 1. The summed E-state index contributed by atoms with van der Waals surface area (Å²) >= 11 is 0. The number of aromatic nitrogens is 5. The van der Waals surface area contributed by atoms with Crippen LogP contribution in [0.15, 0.2) is 67.4 Å². The molecular formula is C26H25N7O2. The summed E-state index contributed by atoms with van der Waals surface area (Å²) in [7, 11) is 1.62. The molecule has 3 aromatic heterocycles. The molecule has 0 unspecified atom stereocenters. The maximum Gasteiger partial charge on any atom is 0.252 e. The number of carbonyl (C=O) groups is 1. The third-order valence-corrected chi connectivity index (χ3v) is 5.95. The minimum absolute atomic E-state index is 0.282.